The maximum atomic E-state index is 11.7. The van der Waals surface area contributed by atoms with Gasteiger partial charge in [0.15, 0.2) is 0 Å². The van der Waals surface area contributed by atoms with E-state index in [4.69, 9.17) is 11.5 Å². The molecular weight excluding hydrogens is 248 g/mol. The Balaban J connectivity index is 2.18. The molecule has 0 radical (unpaired) electrons. The number of aryl methyl sites for hydroxylation is 1. The van der Waals surface area contributed by atoms with Gasteiger partial charge in [-0.15, -0.1) is 0 Å². The lowest BCUT2D eigenvalue weighted by Gasteiger charge is -2.28. The number of amides is 1. The number of nitrogen functional groups attached to an aromatic ring is 1. The summed E-state index contributed by atoms with van der Waals surface area (Å²) in [6.45, 7) is 0. The molecule has 0 fully saturated rings. The molecular formula is C17H18N2O. The van der Waals surface area contributed by atoms with Crippen LogP contribution >= 0.6 is 0 Å². The first-order valence-corrected chi connectivity index (χ1v) is 6.94. The normalized spacial score (nSPS) is 17.5. The second kappa shape index (κ2) is 5.00. The number of benzene rings is 2. The summed E-state index contributed by atoms with van der Waals surface area (Å²) < 4.78 is 0. The molecule has 3 nitrogen and oxygen atoms in total. The lowest BCUT2D eigenvalue weighted by Crippen LogP contribution is -2.20. The van der Waals surface area contributed by atoms with Crippen LogP contribution in [0.3, 0.4) is 0 Å². The fourth-order valence-corrected chi connectivity index (χ4v) is 3.24. The average molecular weight is 266 g/mol. The van der Waals surface area contributed by atoms with Crippen molar-refractivity contribution < 1.29 is 4.79 Å². The van der Waals surface area contributed by atoms with E-state index in [1.54, 1.807) is 12.1 Å². The van der Waals surface area contributed by atoms with Gasteiger partial charge in [-0.2, -0.15) is 0 Å². The van der Waals surface area contributed by atoms with E-state index >= 15 is 0 Å². The zero-order valence-electron chi connectivity index (χ0n) is 11.3. The van der Waals surface area contributed by atoms with E-state index in [9.17, 15) is 4.79 Å². The molecule has 2 aromatic rings. The zero-order chi connectivity index (χ0) is 14.1. The summed E-state index contributed by atoms with van der Waals surface area (Å²) in [5.74, 6) is -0.237. The van der Waals surface area contributed by atoms with Crippen molar-refractivity contribution in [3.8, 4) is 0 Å². The van der Waals surface area contributed by atoms with Crippen molar-refractivity contribution >= 4 is 11.6 Å². The number of hydrogen-bond donors (Lipinski definition) is 2. The highest BCUT2D eigenvalue weighted by molar-refractivity contribution is 5.96. The van der Waals surface area contributed by atoms with Crippen LogP contribution in [0, 0.1) is 0 Å². The quantitative estimate of drug-likeness (QED) is 0.821. The Morgan fingerprint density at radius 3 is 2.70 bits per heavy atom. The highest BCUT2D eigenvalue weighted by atomic mass is 16.1. The van der Waals surface area contributed by atoms with Crippen LogP contribution in [-0.2, 0) is 6.42 Å². The van der Waals surface area contributed by atoms with Crippen LogP contribution in [0.25, 0.3) is 0 Å². The van der Waals surface area contributed by atoms with Crippen molar-refractivity contribution in [1.29, 1.82) is 0 Å². The topological polar surface area (TPSA) is 69.1 Å². The second-order valence-electron chi connectivity index (χ2n) is 5.32. The molecule has 4 N–H and O–H groups in total. The van der Waals surface area contributed by atoms with Gasteiger partial charge in [-0.05, 0) is 48.1 Å². The lowest BCUT2D eigenvalue weighted by molar-refractivity contribution is 0.0999. The predicted molar refractivity (Wildman–Crippen MR) is 80.6 cm³/mol. The SMILES string of the molecule is NC(=O)c1cccc(N)c1C1CCCc2ccccc21. The van der Waals surface area contributed by atoms with Gasteiger partial charge < -0.3 is 11.5 Å². The third kappa shape index (κ3) is 2.05. The van der Waals surface area contributed by atoms with Crippen molar-refractivity contribution in [2.75, 3.05) is 5.73 Å². The first-order chi connectivity index (χ1) is 9.68. The summed E-state index contributed by atoms with van der Waals surface area (Å²) in [7, 11) is 0. The summed E-state index contributed by atoms with van der Waals surface area (Å²) >= 11 is 0. The van der Waals surface area contributed by atoms with Gasteiger partial charge in [0.05, 0.1) is 0 Å². The molecule has 0 spiro atoms. The van der Waals surface area contributed by atoms with Gasteiger partial charge in [-0.25, -0.2) is 0 Å². The Morgan fingerprint density at radius 1 is 1.10 bits per heavy atom. The van der Waals surface area contributed by atoms with Crippen LogP contribution in [0.15, 0.2) is 42.5 Å². The van der Waals surface area contributed by atoms with Crippen LogP contribution < -0.4 is 11.5 Å². The van der Waals surface area contributed by atoms with Gasteiger partial charge in [0.25, 0.3) is 0 Å². The maximum Gasteiger partial charge on any atom is 0.249 e. The number of primary amides is 1. The largest absolute Gasteiger partial charge is 0.398 e. The molecule has 1 amide bonds. The van der Waals surface area contributed by atoms with Crippen LogP contribution in [0.1, 0.15) is 45.8 Å². The lowest BCUT2D eigenvalue weighted by atomic mass is 9.77. The van der Waals surface area contributed by atoms with E-state index in [1.807, 2.05) is 12.1 Å². The van der Waals surface area contributed by atoms with E-state index in [2.05, 4.69) is 18.2 Å². The van der Waals surface area contributed by atoms with Crippen LogP contribution in [0.4, 0.5) is 5.69 Å². The molecule has 1 aliphatic rings. The number of hydrogen-bond acceptors (Lipinski definition) is 2. The smallest absolute Gasteiger partial charge is 0.249 e. The maximum absolute atomic E-state index is 11.7. The molecule has 1 aliphatic carbocycles. The third-order valence-corrected chi connectivity index (χ3v) is 4.12. The zero-order valence-corrected chi connectivity index (χ0v) is 11.3. The minimum atomic E-state index is -0.407. The molecule has 2 aromatic carbocycles. The van der Waals surface area contributed by atoms with E-state index in [0.717, 1.165) is 24.8 Å². The molecule has 0 heterocycles. The van der Waals surface area contributed by atoms with Gasteiger partial charge in [0.1, 0.15) is 0 Å². The molecule has 1 atom stereocenters. The van der Waals surface area contributed by atoms with E-state index in [1.165, 1.54) is 11.1 Å². The van der Waals surface area contributed by atoms with Crippen LogP contribution in [-0.4, -0.2) is 5.91 Å². The number of rotatable bonds is 2. The second-order valence-corrected chi connectivity index (χ2v) is 5.32. The molecule has 20 heavy (non-hydrogen) atoms. The average Bonchev–Trinajstić information content (AvgIpc) is 2.46. The summed E-state index contributed by atoms with van der Waals surface area (Å²) in [5.41, 5.74) is 16.4. The van der Waals surface area contributed by atoms with Crippen molar-refractivity contribution in [3.63, 3.8) is 0 Å². The minimum absolute atomic E-state index is 0.170. The van der Waals surface area contributed by atoms with Crippen LogP contribution in [0.5, 0.6) is 0 Å². The molecule has 3 heteroatoms. The molecule has 102 valence electrons. The Hall–Kier alpha value is -2.29. The fraction of sp³-hybridized carbons (Fsp3) is 0.235. The number of fused-ring (bicyclic) bond motifs is 1. The minimum Gasteiger partial charge on any atom is -0.398 e. The standard InChI is InChI=1S/C17H18N2O/c18-15-10-4-9-14(17(19)20)16(15)13-8-3-6-11-5-1-2-7-12(11)13/h1-2,4-5,7,9-10,13H,3,6,8,18H2,(H2,19,20). The Bertz CT molecular complexity index is 664. The molecule has 1 unspecified atom stereocenters. The number of anilines is 1. The van der Waals surface area contributed by atoms with Crippen molar-refractivity contribution in [1.82, 2.24) is 0 Å². The first kappa shape index (κ1) is 12.7. The third-order valence-electron chi connectivity index (χ3n) is 4.12. The summed E-state index contributed by atoms with van der Waals surface area (Å²) in [6.07, 6.45) is 3.20. The molecule has 3 rings (SSSR count). The summed E-state index contributed by atoms with van der Waals surface area (Å²) in [4.78, 5) is 11.7. The van der Waals surface area contributed by atoms with E-state index in [-0.39, 0.29) is 5.92 Å². The van der Waals surface area contributed by atoms with Gasteiger partial charge >= 0.3 is 0 Å². The number of nitrogens with two attached hydrogens (primary N) is 2. The monoisotopic (exact) mass is 266 g/mol. The predicted octanol–water partition coefficient (Wildman–Crippen LogP) is 2.84. The van der Waals surface area contributed by atoms with Gasteiger partial charge in [-0.3, -0.25) is 4.79 Å². The Morgan fingerprint density at radius 2 is 1.90 bits per heavy atom. The van der Waals surface area contributed by atoms with E-state index < -0.39 is 5.91 Å². The molecule has 0 aliphatic heterocycles. The molecule has 0 bridgehead atoms. The van der Waals surface area contributed by atoms with Crippen molar-refractivity contribution in [2.24, 2.45) is 5.73 Å². The Labute approximate surface area is 118 Å². The number of carbonyl (C=O) groups excluding carboxylic acids is 1. The van der Waals surface area contributed by atoms with Crippen molar-refractivity contribution in [2.45, 2.75) is 25.2 Å². The Kier molecular flexibility index (Phi) is 3.18. The fourth-order valence-electron chi connectivity index (χ4n) is 3.24. The van der Waals surface area contributed by atoms with E-state index in [0.29, 0.717) is 11.3 Å². The number of carbonyl (C=O) groups is 1. The summed E-state index contributed by atoms with van der Waals surface area (Å²) in [6, 6.07) is 13.8. The highest BCUT2D eigenvalue weighted by Crippen LogP contribution is 2.40. The van der Waals surface area contributed by atoms with Gasteiger partial charge in [0, 0.05) is 17.2 Å². The highest BCUT2D eigenvalue weighted by Gasteiger charge is 2.26. The first-order valence-electron chi connectivity index (χ1n) is 6.94. The van der Waals surface area contributed by atoms with Gasteiger partial charge in [-0.1, -0.05) is 30.3 Å². The van der Waals surface area contributed by atoms with Gasteiger partial charge in [0.2, 0.25) is 5.91 Å². The molecule has 0 saturated carbocycles. The molecule has 0 saturated heterocycles. The molecule has 0 aromatic heterocycles. The van der Waals surface area contributed by atoms with Crippen molar-refractivity contribution in [3.05, 3.63) is 64.7 Å². The summed E-state index contributed by atoms with van der Waals surface area (Å²) in [5, 5.41) is 0. The van der Waals surface area contributed by atoms with Crippen LogP contribution in [0.2, 0.25) is 0 Å².